The van der Waals surface area contributed by atoms with Crippen molar-refractivity contribution in [2.75, 3.05) is 28.2 Å². The van der Waals surface area contributed by atoms with Crippen molar-refractivity contribution in [3.05, 3.63) is 29.7 Å². The molecule has 0 bridgehead atoms. The quantitative estimate of drug-likeness (QED) is 0.763. The minimum atomic E-state index is -3.79. The summed E-state index contributed by atoms with van der Waals surface area (Å²) in [5.74, 6) is 0.495. The van der Waals surface area contributed by atoms with Crippen LogP contribution in [0.4, 0.5) is 11.5 Å². The SMILES string of the molecule is Cc1n[nH]c(C)c1S(=O)(=O)Nc1ccc(N(C)C2CCS(=O)(=O)C2)cn1. The summed E-state index contributed by atoms with van der Waals surface area (Å²) in [6.45, 7) is 3.24. The molecule has 142 valence electrons. The lowest BCUT2D eigenvalue weighted by Crippen LogP contribution is -2.32. The van der Waals surface area contributed by atoms with E-state index in [2.05, 4.69) is 19.9 Å². The largest absolute Gasteiger partial charge is 0.369 e. The zero-order valence-electron chi connectivity index (χ0n) is 14.7. The van der Waals surface area contributed by atoms with Crippen LogP contribution in [0.2, 0.25) is 0 Å². The number of sulfonamides is 1. The molecule has 1 aliphatic heterocycles. The molecule has 1 atom stereocenters. The molecule has 0 spiro atoms. The molecule has 0 aromatic carbocycles. The third-order valence-corrected chi connectivity index (χ3v) is 7.85. The van der Waals surface area contributed by atoms with Gasteiger partial charge < -0.3 is 4.90 Å². The van der Waals surface area contributed by atoms with Gasteiger partial charge in [0.15, 0.2) is 9.84 Å². The first-order chi connectivity index (χ1) is 12.1. The molecule has 3 rings (SSSR count). The average molecular weight is 399 g/mol. The maximum absolute atomic E-state index is 12.5. The van der Waals surface area contributed by atoms with E-state index in [1.54, 1.807) is 26.0 Å². The fraction of sp³-hybridized carbons (Fsp3) is 0.467. The predicted octanol–water partition coefficient (Wildman–Crippen LogP) is 0.846. The van der Waals surface area contributed by atoms with Crippen molar-refractivity contribution in [1.82, 2.24) is 15.2 Å². The lowest BCUT2D eigenvalue weighted by molar-refractivity contribution is 0.598. The van der Waals surface area contributed by atoms with Gasteiger partial charge in [0.1, 0.15) is 10.7 Å². The highest BCUT2D eigenvalue weighted by molar-refractivity contribution is 7.92. The van der Waals surface area contributed by atoms with Crippen LogP contribution < -0.4 is 9.62 Å². The van der Waals surface area contributed by atoms with Crippen molar-refractivity contribution in [3.63, 3.8) is 0 Å². The summed E-state index contributed by atoms with van der Waals surface area (Å²) in [5, 5.41) is 6.54. The zero-order chi connectivity index (χ0) is 19.1. The van der Waals surface area contributed by atoms with Crippen LogP contribution in [-0.4, -0.2) is 56.6 Å². The van der Waals surface area contributed by atoms with Crippen molar-refractivity contribution in [2.24, 2.45) is 0 Å². The lowest BCUT2D eigenvalue weighted by atomic mass is 10.2. The minimum Gasteiger partial charge on any atom is -0.369 e. The molecule has 2 aromatic heterocycles. The second kappa shape index (κ2) is 6.54. The van der Waals surface area contributed by atoms with Gasteiger partial charge in [-0.05, 0) is 32.4 Å². The van der Waals surface area contributed by atoms with E-state index < -0.39 is 19.9 Å². The van der Waals surface area contributed by atoms with Crippen molar-refractivity contribution >= 4 is 31.4 Å². The molecule has 3 heterocycles. The van der Waals surface area contributed by atoms with E-state index in [1.165, 1.54) is 6.20 Å². The van der Waals surface area contributed by atoms with E-state index in [-0.39, 0.29) is 28.3 Å². The van der Waals surface area contributed by atoms with Crippen molar-refractivity contribution in [2.45, 2.75) is 31.2 Å². The van der Waals surface area contributed by atoms with Crippen molar-refractivity contribution in [3.8, 4) is 0 Å². The van der Waals surface area contributed by atoms with Crippen LogP contribution in [0.1, 0.15) is 17.8 Å². The molecule has 11 heteroatoms. The molecular formula is C15H21N5O4S2. The van der Waals surface area contributed by atoms with Crippen LogP contribution in [0.3, 0.4) is 0 Å². The summed E-state index contributed by atoms with van der Waals surface area (Å²) in [6.07, 6.45) is 2.10. The van der Waals surface area contributed by atoms with E-state index in [0.717, 1.165) is 5.69 Å². The number of aromatic amines is 1. The number of nitrogens with one attached hydrogen (secondary N) is 2. The molecular weight excluding hydrogens is 378 g/mol. The maximum Gasteiger partial charge on any atom is 0.266 e. The van der Waals surface area contributed by atoms with Gasteiger partial charge in [0.25, 0.3) is 10.0 Å². The van der Waals surface area contributed by atoms with Gasteiger partial charge >= 0.3 is 0 Å². The van der Waals surface area contributed by atoms with Gasteiger partial charge in [-0.1, -0.05) is 0 Å². The van der Waals surface area contributed by atoms with E-state index in [4.69, 9.17) is 0 Å². The molecule has 2 aromatic rings. The first-order valence-corrected chi connectivity index (χ1v) is 11.3. The molecule has 2 N–H and O–H groups in total. The van der Waals surface area contributed by atoms with Gasteiger partial charge in [0.2, 0.25) is 0 Å². The fourth-order valence-electron chi connectivity index (χ4n) is 3.07. The Morgan fingerprint density at radius 2 is 2.04 bits per heavy atom. The molecule has 0 amide bonds. The molecule has 1 fully saturated rings. The summed E-state index contributed by atoms with van der Waals surface area (Å²) in [6, 6.07) is 3.17. The summed E-state index contributed by atoms with van der Waals surface area (Å²) in [7, 11) is -4.96. The Hall–Kier alpha value is -2.14. The Morgan fingerprint density at radius 1 is 1.31 bits per heavy atom. The Labute approximate surface area is 152 Å². The number of aryl methyl sites for hydroxylation is 2. The van der Waals surface area contributed by atoms with Gasteiger partial charge in [-0.25, -0.2) is 21.8 Å². The molecule has 9 nitrogen and oxygen atoms in total. The first kappa shape index (κ1) is 18.6. The molecule has 0 saturated carbocycles. The van der Waals surface area contributed by atoms with Gasteiger partial charge in [-0.3, -0.25) is 9.82 Å². The molecule has 1 saturated heterocycles. The molecule has 1 unspecified atom stereocenters. The van der Waals surface area contributed by atoms with Crippen LogP contribution in [0, 0.1) is 13.8 Å². The summed E-state index contributed by atoms with van der Waals surface area (Å²) in [4.78, 5) is 6.12. The van der Waals surface area contributed by atoms with Crippen molar-refractivity contribution in [1.29, 1.82) is 0 Å². The van der Waals surface area contributed by atoms with E-state index >= 15 is 0 Å². The number of aromatic nitrogens is 3. The van der Waals surface area contributed by atoms with Crippen LogP contribution >= 0.6 is 0 Å². The highest BCUT2D eigenvalue weighted by Crippen LogP contribution is 2.24. The normalized spacial score (nSPS) is 19.4. The molecule has 26 heavy (non-hydrogen) atoms. The Kier molecular flexibility index (Phi) is 4.69. The van der Waals surface area contributed by atoms with Gasteiger partial charge in [-0.2, -0.15) is 5.10 Å². The topological polar surface area (TPSA) is 125 Å². The molecule has 0 aliphatic carbocycles. The number of nitrogens with zero attached hydrogens (tertiary/aromatic N) is 3. The fourth-order valence-corrected chi connectivity index (χ4v) is 6.23. The Bertz CT molecular complexity index is 993. The van der Waals surface area contributed by atoms with Crippen LogP contribution in [0.25, 0.3) is 0 Å². The second-order valence-electron chi connectivity index (χ2n) is 6.44. The predicted molar refractivity (Wildman–Crippen MR) is 98.6 cm³/mol. The van der Waals surface area contributed by atoms with E-state index in [1.807, 2.05) is 11.9 Å². The Morgan fingerprint density at radius 3 is 2.54 bits per heavy atom. The smallest absolute Gasteiger partial charge is 0.266 e. The van der Waals surface area contributed by atoms with E-state index in [9.17, 15) is 16.8 Å². The third-order valence-electron chi connectivity index (χ3n) is 4.48. The number of sulfone groups is 1. The van der Waals surface area contributed by atoms with Gasteiger partial charge in [-0.15, -0.1) is 0 Å². The first-order valence-electron chi connectivity index (χ1n) is 8.03. The number of H-pyrrole nitrogens is 1. The molecule has 1 aliphatic rings. The van der Waals surface area contributed by atoms with Crippen LogP contribution in [0.5, 0.6) is 0 Å². The van der Waals surface area contributed by atoms with Crippen LogP contribution in [0.15, 0.2) is 23.2 Å². The number of hydrogen-bond acceptors (Lipinski definition) is 7. The zero-order valence-corrected chi connectivity index (χ0v) is 16.4. The summed E-state index contributed by atoms with van der Waals surface area (Å²) < 4.78 is 50.7. The number of pyridine rings is 1. The standard InChI is InChI=1S/C15H21N5O4S2/c1-10-15(11(2)18-17-10)26(23,24)19-14-5-4-12(8-16-14)20(3)13-6-7-25(21,22)9-13/h4-5,8,13H,6-7,9H2,1-3H3,(H,16,19)(H,17,18). The summed E-state index contributed by atoms with van der Waals surface area (Å²) in [5.41, 5.74) is 1.56. The highest BCUT2D eigenvalue weighted by Gasteiger charge is 2.31. The minimum absolute atomic E-state index is 0.0967. The number of anilines is 2. The monoisotopic (exact) mass is 399 g/mol. The van der Waals surface area contributed by atoms with Crippen LogP contribution in [-0.2, 0) is 19.9 Å². The number of hydrogen-bond donors (Lipinski definition) is 2. The number of rotatable bonds is 5. The van der Waals surface area contributed by atoms with Crippen molar-refractivity contribution < 1.29 is 16.8 Å². The van der Waals surface area contributed by atoms with E-state index in [0.29, 0.717) is 17.8 Å². The maximum atomic E-state index is 12.5. The Balaban J connectivity index is 1.76. The van der Waals surface area contributed by atoms with Gasteiger partial charge in [0, 0.05) is 13.1 Å². The second-order valence-corrected chi connectivity index (χ2v) is 10.3. The lowest BCUT2D eigenvalue weighted by Gasteiger charge is -2.25. The van der Waals surface area contributed by atoms with Gasteiger partial charge in [0.05, 0.1) is 34.8 Å². The summed E-state index contributed by atoms with van der Waals surface area (Å²) >= 11 is 0. The highest BCUT2D eigenvalue weighted by atomic mass is 32.2. The molecule has 0 radical (unpaired) electrons. The third kappa shape index (κ3) is 3.68. The average Bonchev–Trinajstić information content (AvgIpc) is 3.09.